The molecule has 1 aromatic heterocycles. The second-order valence-electron chi connectivity index (χ2n) is 7.90. The molecular weight excluding hydrogens is 447 g/mol. The van der Waals surface area contributed by atoms with Crippen molar-refractivity contribution in [2.75, 3.05) is 7.11 Å². The van der Waals surface area contributed by atoms with Gasteiger partial charge in [-0.25, -0.2) is 4.39 Å². The van der Waals surface area contributed by atoms with Crippen molar-refractivity contribution in [1.29, 1.82) is 5.26 Å². The molecule has 0 saturated heterocycles. The molecule has 35 heavy (non-hydrogen) atoms. The van der Waals surface area contributed by atoms with Crippen molar-refractivity contribution in [3.8, 4) is 34.7 Å². The number of ether oxygens (including phenoxy) is 3. The first-order chi connectivity index (χ1) is 17.1. The van der Waals surface area contributed by atoms with Crippen molar-refractivity contribution in [2.24, 2.45) is 5.73 Å². The van der Waals surface area contributed by atoms with Crippen LogP contribution in [0.3, 0.4) is 0 Å². The van der Waals surface area contributed by atoms with Crippen LogP contribution in [0.15, 0.2) is 84.3 Å². The summed E-state index contributed by atoms with van der Waals surface area (Å²) in [7, 11) is 1.52. The van der Waals surface area contributed by atoms with Gasteiger partial charge in [-0.3, -0.25) is 5.10 Å². The minimum atomic E-state index is -0.549. The van der Waals surface area contributed by atoms with Crippen molar-refractivity contribution in [2.45, 2.75) is 12.5 Å². The topological polar surface area (TPSA) is 106 Å². The van der Waals surface area contributed by atoms with Crippen molar-refractivity contribution in [3.63, 3.8) is 0 Å². The summed E-state index contributed by atoms with van der Waals surface area (Å²) in [6, 6.07) is 23.6. The summed E-state index contributed by atoms with van der Waals surface area (Å²) in [5.74, 6) is 0.294. The molecule has 0 fully saturated rings. The molecule has 1 aliphatic heterocycles. The van der Waals surface area contributed by atoms with Gasteiger partial charge in [0, 0.05) is 5.56 Å². The molecule has 174 valence electrons. The van der Waals surface area contributed by atoms with Crippen molar-refractivity contribution in [1.82, 2.24) is 10.2 Å². The van der Waals surface area contributed by atoms with E-state index >= 15 is 0 Å². The fourth-order valence-electron chi connectivity index (χ4n) is 4.16. The van der Waals surface area contributed by atoms with Gasteiger partial charge in [0.15, 0.2) is 11.5 Å². The van der Waals surface area contributed by atoms with Gasteiger partial charge in [-0.15, -0.1) is 5.10 Å². The average molecular weight is 468 g/mol. The molecule has 0 bridgehead atoms. The van der Waals surface area contributed by atoms with Gasteiger partial charge in [0.25, 0.3) is 0 Å². The van der Waals surface area contributed by atoms with E-state index in [2.05, 4.69) is 16.3 Å². The number of halogens is 1. The van der Waals surface area contributed by atoms with Gasteiger partial charge in [0.1, 0.15) is 24.1 Å². The highest BCUT2D eigenvalue weighted by Crippen LogP contribution is 2.47. The first kappa shape index (κ1) is 22.0. The van der Waals surface area contributed by atoms with E-state index in [1.165, 1.54) is 13.2 Å². The lowest BCUT2D eigenvalue weighted by Crippen LogP contribution is -2.21. The minimum absolute atomic E-state index is 0.00467. The van der Waals surface area contributed by atoms with Crippen LogP contribution in [0.5, 0.6) is 17.4 Å². The molecule has 0 spiro atoms. The molecule has 0 radical (unpaired) electrons. The number of hydrogen-bond acceptors (Lipinski definition) is 6. The number of aromatic amines is 1. The summed E-state index contributed by atoms with van der Waals surface area (Å²) in [5, 5.41) is 17.3. The molecule has 8 heteroatoms. The maximum absolute atomic E-state index is 14.0. The number of rotatable bonds is 6. The zero-order valence-corrected chi connectivity index (χ0v) is 18.8. The Morgan fingerprint density at radius 2 is 1.86 bits per heavy atom. The largest absolute Gasteiger partial charge is 0.493 e. The van der Waals surface area contributed by atoms with E-state index in [1.54, 1.807) is 30.3 Å². The molecule has 1 aliphatic rings. The SMILES string of the molecule is COc1cc(C2C(C#N)=C(N)Oc3n[nH]c(-c4ccccc4)c32)ccc1OCc1ccccc1F. The number of fused-ring (bicyclic) bond motifs is 1. The predicted octanol–water partition coefficient (Wildman–Crippen LogP) is 5.02. The fourth-order valence-corrected chi connectivity index (χ4v) is 4.16. The Hall–Kier alpha value is -4.77. The minimum Gasteiger partial charge on any atom is -0.493 e. The fraction of sp³-hybridized carbons (Fsp3) is 0.111. The number of allylic oxidation sites excluding steroid dienone is 1. The van der Waals surface area contributed by atoms with Crippen LogP contribution in [-0.2, 0) is 6.61 Å². The highest BCUT2D eigenvalue weighted by Gasteiger charge is 2.36. The van der Waals surface area contributed by atoms with Crippen LogP contribution >= 0.6 is 0 Å². The number of benzene rings is 3. The van der Waals surface area contributed by atoms with Crippen molar-refractivity contribution < 1.29 is 18.6 Å². The summed E-state index contributed by atoms with van der Waals surface area (Å²) < 4.78 is 31.1. The standard InChI is InChI=1S/C27H21FN4O3/c1-33-22-13-17(11-12-21(22)34-15-18-9-5-6-10-20(18)28)23-19(14-29)26(30)35-27-24(23)25(31-32-27)16-7-3-2-4-8-16/h2-13,23H,15,30H2,1H3,(H,31,32). The lowest BCUT2D eigenvalue weighted by Gasteiger charge is -2.25. The number of nitrogens with two attached hydrogens (primary N) is 1. The van der Waals surface area contributed by atoms with Crippen LogP contribution < -0.4 is 19.9 Å². The van der Waals surface area contributed by atoms with Crippen LogP contribution in [0, 0.1) is 17.1 Å². The van der Waals surface area contributed by atoms with E-state index in [4.69, 9.17) is 19.9 Å². The van der Waals surface area contributed by atoms with Crippen LogP contribution in [0.25, 0.3) is 11.3 Å². The molecule has 5 rings (SSSR count). The Morgan fingerprint density at radius 1 is 1.09 bits per heavy atom. The van der Waals surface area contributed by atoms with Gasteiger partial charge in [0.05, 0.1) is 24.3 Å². The lowest BCUT2D eigenvalue weighted by molar-refractivity contribution is 0.279. The average Bonchev–Trinajstić information content (AvgIpc) is 3.31. The summed E-state index contributed by atoms with van der Waals surface area (Å²) in [6.45, 7) is 0.0416. The quantitative estimate of drug-likeness (QED) is 0.412. The van der Waals surface area contributed by atoms with E-state index in [1.807, 2.05) is 36.4 Å². The molecule has 1 atom stereocenters. The van der Waals surface area contributed by atoms with Gasteiger partial charge in [0.2, 0.25) is 11.8 Å². The smallest absolute Gasteiger partial charge is 0.244 e. The van der Waals surface area contributed by atoms with Crippen LogP contribution in [-0.4, -0.2) is 17.3 Å². The maximum atomic E-state index is 14.0. The molecule has 3 aromatic carbocycles. The van der Waals surface area contributed by atoms with E-state index in [0.29, 0.717) is 28.5 Å². The number of methoxy groups -OCH3 is 1. The molecule has 3 N–H and O–H groups in total. The van der Waals surface area contributed by atoms with Gasteiger partial charge in [-0.2, -0.15) is 5.26 Å². The van der Waals surface area contributed by atoms with Crippen molar-refractivity contribution in [3.05, 3.63) is 107 Å². The highest BCUT2D eigenvalue weighted by molar-refractivity contribution is 5.71. The zero-order chi connectivity index (χ0) is 24.4. The predicted molar refractivity (Wildman–Crippen MR) is 127 cm³/mol. The van der Waals surface area contributed by atoms with Crippen LogP contribution in [0.4, 0.5) is 4.39 Å². The summed E-state index contributed by atoms with van der Waals surface area (Å²) in [4.78, 5) is 0. The molecule has 0 saturated carbocycles. The van der Waals surface area contributed by atoms with Crippen LogP contribution in [0.2, 0.25) is 0 Å². The summed E-state index contributed by atoms with van der Waals surface area (Å²) in [5.41, 5.74) is 9.85. The number of hydrogen-bond donors (Lipinski definition) is 2. The Kier molecular flexibility index (Phi) is 5.81. The Morgan fingerprint density at radius 3 is 2.60 bits per heavy atom. The monoisotopic (exact) mass is 468 g/mol. The summed E-state index contributed by atoms with van der Waals surface area (Å²) in [6.07, 6.45) is 0. The zero-order valence-electron chi connectivity index (χ0n) is 18.8. The Bertz CT molecular complexity index is 1460. The third-order valence-electron chi connectivity index (χ3n) is 5.86. The van der Waals surface area contributed by atoms with Gasteiger partial charge < -0.3 is 19.9 Å². The van der Waals surface area contributed by atoms with E-state index < -0.39 is 5.92 Å². The van der Waals surface area contributed by atoms with Crippen LogP contribution in [0.1, 0.15) is 22.6 Å². The molecule has 1 unspecified atom stereocenters. The molecule has 4 aromatic rings. The van der Waals surface area contributed by atoms with E-state index in [0.717, 1.165) is 16.8 Å². The summed E-state index contributed by atoms with van der Waals surface area (Å²) >= 11 is 0. The van der Waals surface area contributed by atoms with Crippen molar-refractivity contribution >= 4 is 0 Å². The molecule has 0 amide bonds. The first-order valence-electron chi connectivity index (χ1n) is 10.9. The Labute approximate surface area is 201 Å². The molecule has 7 nitrogen and oxygen atoms in total. The number of aromatic nitrogens is 2. The maximum Gasteiger partial charge on any atom is 0.244 e. The molecule has 0 aliphatic carbocycles. The second kappa shape index (κ2) is 9.23. The molecule has 2 heterocycles. The van der Waals surface area contributed by atoms with Gasteiger partial charge in [-0.1, -0.05) is 54.6 Å². The van der Waals surface area contributed by atoms with E-state index in [9.17, 15) is 9.65 Å². The second-order valence-corrected chi connectivity index (χ2v) is 7.90. The number of nitrogens with zero attached hydrogens (tertiary/aromatic N) is 2. The van der Waals surface area contributed by atoms with Gasteiger partial charge in [-0.05, 0) is 29.3 Å². The lowest BCUT2D eigenvalue weighted by atomic mass is 9.83. The normalized spacial score (nSPS) is 14.6. The van der Waals surface area contributed by atoms with Gasteiger partial charge >= 0.3 is 0 Å². The number of nitrogens with one attached hydrogen (secondary N) is 1. The Balaban J connectivity index is 1.56. The van der Waals surface area contributed by atoms with E-state index in [-0.39, 0.29) is 23.9 Å². The third kappa shape index (κ3) is 4.04. The number of H-pyrrole nitrogens is 1. The third-order valence-corrected chi connectivity index (χ3v) is 5.86. The first-order valence-corrected chi connectivity index (χ1v) is 10.9. The molecular formula is C27H21FN4O3. The number of nitriles is 1. The highest BCUT2D eigenvalue weighted by atomic mass is 19.1.